The maximum Gasteiger partial charge on any atom is 0.241 e. The second kappa shape index (κ2) is 6.84. The maximum absolute atomic E-state index is 12.2. The fourth-order valence-corrected chi connectivity index (χ4v) is 3.34. The highest BCUT2D eigenvalue weighted by Crippen LogP contribution is 2.12. The van der Waals surface area contributed by atoms with Crippen molar-refractivity contribution in [1.82, 2.24) is 4.72 Å². The van der Waals surface area contributed by atoms with Gasteiger partial charge in [0.1, 0.15) is 5.76 Å². The molecule has 2 rings (SSSR count). The van der Waals surface area contributed by atoms with Crippen LogP contribution in [0.4, 0.5) is 0 Å². The molecule has 21 heavy (non-hydrogen) atoms. The number of rotatable bonds is 7. The van der Waals surface area contributed by atoms with Gasteiger partial charge in [-0.2, -0.15) is 4.72 Å². The number of nitrogens with one attached hydrogen (secondary N) is 1. The van der Waals surface area contributed by atoms with E-state index < -0.39 is 16.1 Å². The Kier molecular flexibility index (Phi) is 5.11. The SMILES string of the molecule is O=S(=O)(NC(CCc1ccco1)C(O)=S)c1ccccc1. The van der Waals surface area contributed by atoms with Gasteiger partial charge < -0.3 is 9.52 Å². The summed E-state index contributed by atoms with van der Waals surface area (Å²) in [5, 5.41) is 9.14. The number of aliphatic hydroxyl groups is 1. The molecule has 0 aliphatic rings. The zero-order valence-electron chi connectivity index (χ0n) is 11.1. The number of thiocarbonyl (C=S) groups is 1. The minimum atomic E-state index is -3.72. The summed E-state index contributed by atoms with van der Waals surface area (Å²) < 4.78 is 32.0. The molecule has 1 atom stereocenters. The van der Waals surface area contributed by atoms with Crippen LogP contribution in [0.5, 0.6) is 0 Å². The van der Waals surface area contributed by atoms with Gasteiger partial charge in [0.05, 0.1) is 17.2 Å². The average molecular weight is 325 g/mol. The number of benzene rings is 1. The molecule has 5 nitrogen and oxygen atoms in total. The van der Waals surface area contributed by atoms with Crippen molar-refractivity contribution in [3.05, 3.63) is 54.5 Å². The lowest BCUT2D eigenvalue weighted by molar-refractivity contribution is 0.469. The Morgan fingerprint density at radius 1 is 1.24 bits per heavy atom. The summed E-state index contributed by atoms with van der Waals surface area (Å²) in [6.07, 6.45) is 2.32. The van der Waals surface area contributed by atoms with Gasteiger partial charge >= 0.3 is 0 Å². The van der Waals surface area contributed by atoms with Gasteiger partial charge in [-0.05, 0) is 42.9 Å². The standard InChI is InChI=1S/C14H15NO4S2/c16-14(20)13(9-8-11-5-4-10-19-11)15-21(17,18)12-6-2-1-3-7-12/h1-7,10,13,15H,8-9H2,(H,16,20). The van der Waals surface area contributed by atoms with Crippen LogP contribution >= 0.6 is 12.2 Å². The van der Waals surface area contributed by atoms with E-state index in [9.17, 15) is 13.5 Å². The van der Waals surface area contributed by atoms with Crippen molar-refractivity contribution in [1.29, 1.82) is 0 Å². The fraction of sp³-hybridized carbons (Fsp3) is 0.214. The van der Waals surface area contributed by atoms with Crippen LogP contribution in [0.2, 0.25) is 0 Å². The van der Waals surface area contributed by atoms with Crippen molar-refractivity contribution < 1.29 is 17.9 Å². The number of aliphatic hydroxyl groups excluding tert-OH is 1. The number of hydrogen-bond donors (Lipinski definition) is 2. The molecule has 1 aromatic carbocycles. The van der Waals surface area contributed by atoms with Crippen molar-refractivity contribution >= 4 is 27.3 Å². The molecule has 0 fully saturated rings. The van der Waals surface area contributed by atoms with Crippen molar-refractivity contribution in [2.45, 2.75) is 23.8 Å². The van der Waals surface area contributed by atoms with Crippen molar-refractivity contribution in [3.63, 3.8) is 0 Å². The highest BCUT2D eigenvalue weighted by Gasteiger charge is 2.23. The highest BCUT2D eigenvalue weighted by atomic mass is 32.2. The molecule has 112 valence electrons. The Bertz CT molecular complexity index is 681. The number of aryl methyl sites for hydroxylation is 1. The molecule has 0 bridgehead atoms. The maximum atomic E-state index is 12.2. The zero-order valence-corrected chi connectivity index (χ0v) is 12.7. The van der Waals surface area contributed by atoms with Crippen LogP contribution in [-0.4, -0.2) is 24.6 Å². The molecule has 2 aromatic rings. The van der Waals surface area contributed by atoms with Crippen LogP contribution in [0.25, 0.3) is 0 Å². The molecule has 7 heteroatoms. The first kappa shape index (κ1) is 15.7. The van der Waals surface area contributed by atoms with Gasteiger partial charge in [0.2, 0.25) is 10.0 Å². The summed E-state index contributed by atoms with van der Waals surface area (Å²) in [6, 6.07) is 10.6. The molecule has 1 aromatic heterocycles. The summed E-state index contributed by atoms with van der Waals surface area (Å²) in [5.41, 5.74) is 0. The van der Waals surface area contributed by atoms with Crippen LogP contribution in [0.1, 0.15) is 12.2 Å². The second-order valence-corrected chi connectivity index (χ2v) is 6.58. The predicted octanol–water partition coefficient (Wildman–Crippen LogP) is 2.44. The van der Waals surface area contributed by atoms with Crippen LogP contribution in [0.3, 0.4) is 0 Å². The third kappa shape index (κ3) is 4.38. The van der Waals surface area contributed by atoms with E-state index in [-0.39, 0.29) is 9.95 Å². The first-order valence-corrected chi connectivity index (χ1v) is 8.21. The van der Waals surface area contributed by atoms with E-state index in [0.29, 0.717) is 18.6 Å². The Hall–Kier alpha value is -1.70. The summed E-state index contributed by atoms with van der Waals surface area (Å²) >= 11 is 4.73. The van der Waals surface area contributed by atoms with E-state index in [4.69, 9.17) is 16.6 Å². The summed E-state index contributed by atoms with van der Waals surface area (Å²) in [6.45, 7) is 0. The molecule has 1 heterocycles. The fourth-order valence-electron chi connectivity index (χ4n) is 1.83. The average Bonchev–Trinajstić information content (AvgIpc) is 2.97. The van der Waals surface area contributed by atoms with E-state index in [1.807, 2.05) is 0 Å². The number of sulfonamides is 1. The highest BCUT2D eigenvalue weighted by molar-refractivity contribution is 7.89. The van der Waals surface area contributed by atoms with Gasteiger partial charge in [0.15, 0.2) is 5.05 Å². The monoisotopic (exact) mass is 325 g/mol. The Morgan fingerprint density at radius 2 is 1.95 bits per heavy atom. The molecular weight excluding hydrogens is 310 g/mol. The molecule has 0 saturated heterocycles. The van der Waals surface area contributed by atoms with E-state index in [2.05, 4.69) is 4.72 Å². The zero-order chi connectivity index (χ0) is 15.3. The molecule has 0 aliphatic heterocycles. The van der Waals surface area contributed by atoms with Gasteiger partial charge in [-0.3, -0.25) is 0 Å². The molecule has 0 amide bonds. The Morgan fingerprint density at radius 3 is 2.52 bits per heavy atom. The Balaban J connectivity index is 2.07. The van der Waals surface area contributed by atoms with Crippen LogP contribution < -0.4 is 4.72 Å². The van der Waals surface area contributed by atoms with Gasteiger partial charge in [-0.25, -0.2) is 8.42 Å². The molecule has 1 unspecified atom stereocenters. The lowest BCUT2D eigenvalue weighted by atomic mass is 10.1. The molecule has 0 spiro atoms. The summed E-state index contributed by atoms with van der Waals surface area (Å²) in [4.78, 5) is 0.129. The molecule has 0 aliphatic carbocycles. The number of hydrogen-bond acceptors (Lipinski definition) is 4. The third-order valence-corrected chi connectivity index (χ3v) is 4.68. The lowest BCUT2D eigenvalue weighted by Gasteiger charge is -2.16. The van der Waals surface area contributed by atoms with Crippen LogP contribution in [0.15, 0.2) is 58.0 Å². The van der Waals surface area contributed by atoms with Gasteiger partial charge in [-0.15, -0.1) is 0 Å². The molecule has 0 saturated carbocycles. The molecular formula is C14H15NO4S2. The van der Waals surface area contributed by atoms with Gasteiger partial charge in [0.25, 0.3) is 0 Å². The minimum absolute atomic E-state index is 0.129. The second-order valence-electron chi connectivity index (χ2n) is 4.44. The van der Waals surface area contributed by atoms with E-state index in [1.54, 1.807) is 30.3 Å². The van der Waals surface area contributed by atoms with Crippen molar-refractivity contribution in [3.8, 4) is 0 Å². The number of furan rings is 1. The predicted molar refractivity (Wildman–Crippen MR) is 82.8 cm³/mol. The van der Waals surface area contributed by atoms with Crippen molar-refractivity contribution in [2.75, 3.05) is 0 Å². The van der Waals surface area contributed by atoms with Gasteiger partial charge in [-0.1, -0.05) is 18.2 Å². The normalized spacial score (nSPS) is 13.0. The molecule has 2 N–H and O–H groups in total. The summed E-state index contributed by atoms with van der Waals surface area (Å²) in [5.74, 6) is 0.704. The van der Waals surface area contributed by atoms with Gasteiger partial charge in [0, 0.05) is 6.42 Å². The van der Waals surface area contributed by atoms with E-state index in [0.717, 1.165) is 0 Å². The Labute approximate surface area is 128 Å². The van der Waals surface area contributed by atoms with E-state index >= 15 is 0 Å². The largest absolute Gasteiger partial charge is 0.501 e. The minimum Gasteiger partial charge on any atom is -0.501 e. The topological polar surface area (TPSA) is 79.5 Å². The quantitative estimate of drug-likeness (QED) is 0.764. The first-order chi connectivity index (χ1) is 9.99. The van der Waals surface area contributed by atoms with Crippen LogP contribution in [-0.2, 0) is 16.4 Å². The molecule has 0 radical (unpaired) electrons. The third-order valence-electron chi connectivity index (χ3n) is 2.91. The first-order valence-electron chi connectivity index (χ1n) is 6.31. The lowest BCUT2D eigenvalue weighted by Crippen LogP contribution is -2.40. The summed E-state index contributed by atoms with van der Waals surface area (Å²) in [7, 11) is -3.72. The van der Waals surface area contributed by atoms with E-state index in [1.165, 1.54) is 18.4 Å². The smallest absolute Gasteiger partial charge is 0.241 e. The van der Waals surface area contributed by atoms with Crippen molar-refractivity contribution in [2.24, 2.45) is 0 Å². The van der Waals surface area contributed by atoms with Crippen LogP contribution in [0, 0.1) is 0 Å².